The van der Waals surface area contributed by atoms with Gasteiger partial charge in [-0.3, -0.25) is 0 Å². The van der Waals surface area contributed by atoms with Crippen LogP contribution < -0.4 is 0 Å². The molecule has 1 heterocycles. The van der Waals surface area contributed by atoms with Crippen molar-refractivity contribution in [1.29, 1.82) is 0 Å². The van der Waals surface area contributed by atoms with E-state index in [1.165, 1.54) is 4.31 Å². The van der Waals surface area contributed by atoms with E-state index in [0.29, 0.717) is 12.6 Å². The van der Waals surface area contributed by atoms with Crippen molar-refractivity contribution in [3.8, 4) is 0 Å². The Hall–Kier alpha value is -1.01. The Labute approximate surface area is 105 Å². The van der Waals surface area contributed by atoms with Gasteiger partial charge in [0.1, 0.15) is 16.5 Å². The first-order chi connectivity index (χ1) is 8.43. The normalized spacial score (nSPS) is 22.1. The van der Waals surface area contributed by atoms with Crippen LogP contribution in [0.4, 0.5) is 8.78 Å². The van der Waals surface area contributed by atoms with Gasteiger partial charge in [-0.05, 0) is 31.9 Å². The van der Waals surface area contributed by atoms with Gasteiger partial charge in [-0.2, -0.15) is 4.31 Å². The van der Waals surface area contributed by atoms with Gasteiger partial charge in [0, 0.05) is 18.7 Å². The van der Waals surface area contributed by atoms with Crippen molar-refractivity contribution in [3.05, 3.63) is 29.8 Å². The Morgan fingerprint density at radius 1 is 1.28 bits per heavy atom. The van der Waals surface area contributed by atoms with Crippen LogP contribution in [0.15, 0.2) is 23.1 Å². The van der Waals surface area contributed by atoms with Crippen molar-refractivity contribution in [2.75, 3.05) is 6.54 Å². The topological polar surface area (TPSA) is 37.4 Å². The van der Waals surface area contributed by atoms with E-state index in [2.05, 4.69) is 0 Å². The van der Waals surface area contributed by atoms with E-state index < -0.39 is 26.6 Å². The van der Waals surface area contributed by atoms with Crippen LogP contribution in [0, 0.1) is 11.6 Å². The number of rotatable bonds is 2. The molecule has 3 nitrogen and oxygen atoms in total. The largest absolute Gasteiger partial charge is 0.246 e. The van der Waals surface area contributed by atoms with Crippen LogP contribution in [0.3, 0.4) is 0 Å². The van der Waals surface area contributed by atoms with Gasteiger partial charge in [0.05, 0.1) is 0 Å². The Kier molecular flexibility index (Phi) is 3.68. The summed E-state index contributed by atoms with van der Waals surface area (Å²) in [5.41, 5.74) is 0. The zero-order chi connectivity index (χ0) is 13.3. The van der Waals surface area contributed by atoms with Crippen molar-refractivity contribution in [3.63, 3.8) is 0 Å². The van der Waals surface area contributed by atoms with Crippen molar-refractivity contribution in [2.24, 2.45) is 0 Å². The maximum Gasteiger partial charge on any atom is 0.246 e. The molecule has 1 aliphatic rings. The first kappa shape index (κ1) is 13.4. The molecule has 0 saturated carbocycles. The third kappa shape index (κ3) is 2.40. The van der Waals surface area contributed by atoms with E-state index in [0.717, 1.165) is 31.4 Å². The second-order valence-electron chi connectivity index (χ2n) is 4.54. The molecule has 0 amide bonds. The molecule has 0 aliphatic carbocycles. The van der Waals surface area contributed by atoms with E-state index in [-0.39, 0.29) is 6.04 Å². The second kappa shape index (κ2) is 4.93. The van der Waals surface area contributed by atoms with E-state index in [4.69, 9.17) is 0 Å². The van der Waals surface area contributed by atoms with Crippen LogP contribution >= 0.6 is 0 Å². The van der Waals surface area contributed by atoms with E-state index in [1.54, 1.807) is 6.92 Å². The molecule has 2 rings (SSSR count). The van der Waals surface area contributed by atoms with Crippen molar-refractivity contribution in [2.45, 2.75) is 37.1 Å². The average molecular weight is 275 g/mol. The third-order valence-electron chi connectivity index (χ3n) is 3.22. The molecule has 0 aromatic heterocycles. The molecule has 0 bridgehead atoms. The first-order valence-corrected chi connectivity index (χ1v) is 7.34. The minimum absolute atomic E-state index is 0.145. The second-order valence-corrected chi connectivity index (χ2v) is 6.39. The lowest BCUT2D eigenvalue weighted by Crippen LogP contribution is -2.42. The molecule has 100 valence electrons. The molecule has 1 saturated heterocycles. The van der Waals surface area contributed by atoms with Crippen LogP contribution in [0.5, 0.6) is 0 Å². The summed E-state index contributed by atoms with van der Waals surface area (Å²) in [6, 6.07) is 2.40. The van der Waals surface area contributed by atoms with Crippen molar-refractivity contribution in [1.82, 2.24) is 4.31 Å². The molecule has 1 fully saturated rings. The molecular weight excluding hydrogens is 260 g/mol. The zero-order valence-corrected chi connectivity index (χ0v) is 10.9. The maximum absolute atomic E-state index is 13.6. The molecule has 0 unspecified atom stereocenters. The van der Waals surface area contributed by atoms with Crippen LogP contribution in [-0.4, -0.2) is 25.3 Å². The standard InChI is InChI=1S/C12H15F2NO2S/c1-9-4-2-3-7-15(9)18(16,17)12-6-5-10(13)8-11(12)14/h5-6,8-9H,2-4,7H2,1H3/t9-/m1/s1. The average Bonchev–Trinajstić information content (AvgIpc) is 2.28. The molecule has 6 heteroatoms. The fourth-order valence-electron chi connectivity index (χ4n) is 2.24. The van der Waals surface area contributed by atoms with E-state index in [9.17, 15) is 17.2 Å². The Bertz CT molecular complexity index is 545. The Balaban J connectivity index is 2.41. The van der Waals surface area contributed by atoms with Gasteiger partial charge in [-0.25, -0.2) is 17.2 Å². The molecule has 1 aromatic carbocycles. The molecule has 0 spiro atoms. The van der Waals surface area contributed by atoms with Crippen LogP contribution in [0.25, 0.3) is 0 Å². The summed E-state index contributed by atoms with van der Waals surface area (Å²) in [4.78, 5) is -0.447. The highest BCUT2D eigenvalue weighted by atomic mass is 32.2. The van der Waals surface area contributed by atoms with Crippen molar-refractivity contribution >= 4 is 10.0 Å². The highest BCUT2D eigenvalue weighted by Gasteiger charge is 2.32. The predicted molar refractivity (Wildman–Crippen MR) is 63.6 cm³/mol. The molecule has 1 aromatic rings. The molecule has 18 heavy (non-hydrogen) atoms. The zero-order valence-electron chi connectivity index (χ0n) is 10.1. The minimum atomic E-state index is -3.87. The number of benzene rings is 1. The third-order valence-corrected chi connectivity index (χ3v) is 5.27. The summed E-state index contributed by atoms with van der Waals surface area (Å²) in [7, 11) is -3.87. The highest BCUT2D eigenvalue weighted by molar-refractivity contribution is 7.89. The summed E-state index contributed by atoms with van der Waals surface area (Å²) < 4.78 is 52.3. The van der Waals surface area contributed by atoms with Gasteiger partial charge in [0.15, 0.2) is 0 Å². The number of piperidine rings is 1. The smallest absolute Gasteiger partial charge is 0.207 e. The van der Waals surface area contributed by atoms with Crippen molar-refractivity contribution < 1.29 is 17.2 Å². The molecule has 0 N–H and O–H groups in total. The summed E-state index contributed by atoms with van der Waals surface area (Å²) in [6.07, 6.45) is 2.51. The van der Waals surface area contributed by atoms with Gasteiger partial charge >= 0.3 is 0 Å². The first-order valence-electron chi connectivity index (χ1n) is 5.90. The molecule has 1 aliphatic heterocycles. The highest BCUT2D eigenvalue weighted by Crippen LogP contribution is 2.26. The van der Waals surface area contributed by atoms with E-state index in [1.807, 2.05) is 0 Å². The SMILES string of the molecule is C[C@@H]1CCCCN1S(=O)(=O)c1ccc(F)cc1F. The number of hydrogen-bond acceptors (Lipinski definition) is 2. The van der Waals surface area contributed by atoms with Crippen LogP contribution in [0.2, 0.25) is 0 Å². The fourth-order valence-corrected chi connectivity index (χ4v) is 3.99. The minimum Gasteiger partial charge on any atom is -0.207 e. The summed E-state index contributed by atoms with van der Waals surface area (Å²) in [6.45, 7) is 2.19. The quantitative estimate of drug-likeness (QED) is 0.831. The summed E-state index contributed by atoms with van der Waals surface area (Å²) >= 11 is 0. The van der Waals surface area contributed by atoms with E-state index >= 15 is 0 Å². The molecular formula is C12H15F2NO2S. The number of sulfonamides is 1. The lowest BCUT2D eigenvalue weighted by molar-refractivity contribution is 0.268. The van der Waals surface area contributed by atoms with Crippen LogP contribution in [-0.2, 0) is 10.0 Å². The van der Waals surface area contributed by atoms with Gasteiger partial charge in [0.2, 0.25) is 10.0 Å². The van der Waals surface area contributed by atoms with Gasteiger partial charge in [-0.15, -0.1) is 0 Å². The lowest BCUT2D eigenvalue weighted by atomic mass is 10.1. The monoisotopic (exact) mass is 275 g/mol. The number of hydrogen-bond donors (Lipinski definition) is 0. The number of halogens is 2. The predicted octanol–water partition coefficient (Wildman–Crippen LogP) is 2.53. The Morgan fingerprint density at radius 2 is 2.00 bits per heavy atom. The van der Waals surface area contributed by atoms with Gasteiger partial charge < -0.3 is 0 Å². The summed E-state index contributed by atoms with van der Waals surface area (Å²) in [5, 5.41) is 0. The number of nitrogens with zero attached hydrogens (tertiary/aromatic N) is 1. The van der Waals surface area contributed by atoms with Gasteiger partial charge in [-0.1, -0.05) is 6.42 Å². The lowest BCUT2D eigenvalue weighted by Gasteiger charge is -2.32. The Morgan fingerprint density at radius 3 is 2.61 bits per heavy atom. The van der Waals surface area contributed by atoms with Crippen LogP contribution in [0.1, 0.15) is 26.2 Å². The van der Waals surface area contributed by atoms with Gasteiger partial charge in [0.25, 0.3) is 0 Å². The molecule has 1 atom stereocenters. The fraction of sp³-hybridized carbons (Fsp3) is 0.500. The molecule has 0 radical (unpaired) electrons. The summed E-state index contributed by atoms with van der Waals surface area (Å²) in [5.74, 6) is -1.81. The maximum atomic E-state index is 13.6.